The maximum atomic E-state index is 12.6. The number of carbonyl (C=O) groups is 1. The fourth-order valence-electron chi connectivity index (χ4n) is 4.02. The molecule has 0 fully saturated rings. The van der Waals surface area contributed by atoms with Gasteiger partial charge in [0, 0.05) is 23.3 Å². The van der Waals surface area contributed by atoms with Crippen molar-refractivity contribution >= 4 is 50.6 Å². The van der Waals surface area contributed by atoms with Gasteiger partial charge in [0.05, 0.1) is 29.2 Å². The highest BCUT2D eigenvalue weighted by atomic mass is 35.5. The van der Waals surface area contributed by atoms with Gasteiger partial charge in [0.25, 0.3) is 5.91 Å². The Morgan fingerprint density at radius 3 is 2.92 bits per heavy atom. The number of hydrogen-bond donors (Lipinski definition) is 1. The van der Waals surface area contributed by atoms with E-state index in [-0.39, 0.29) is 5.91 Å². The summed E-state index contributed by atoms with van der Waals surface area (Å²) >= 11 is 8.10. The zero-order chi connectivity index (χ0) is 25.8. The number of amides is 1. The SMILES string of the molecule is CN(C)CC#CC(=O)N1CCc2c(sc3ncnc(Nc4ccc(OCc5ccccn5)c(Cl)c4)c23)C1. The first-order chi connectivity index (χ1) is 18.0. The topological polar surface area (TPSA) is 83.5 Å². The predicted octanol–water partition coefficient (Wildman–Crippen LogP) is 4.51. The molecule has 1 aliphatic heterocycles. The molecule has 3 aromatic heterocycles. The summed E-state index contributed by atoms with van der Waals surface area (Å²) in [5.74, 6) is 6.83. The monoisotopic (exact) mass is 532 g/mol. The Balaban J connectivity index is 1.32. The van der Waals surface area contributed by atoms with Crippen LogP contribution in [0.4, 0.5) is 11.5 Å². The molecule has 37 heavy (non-hydrogen) atoms. The van der Waals surface area contributed by atoms with Crippen LogP contribution in [0.1, 0.15) is 16.1 Å². The molecule has 0 bridgehead atoms. The molecule has 10 heteroatoms. The third-order valence-corrected chi connectivity index (χ3v) is 7.23. The van der Waals surface area contributed by atoms with Gasteiger partial charge >= 0.3 is 0 Å². The number of pyridine rings is 1. The van der Waals surface area contributed by atoms with E-state index in [9.17, 15) is 4.79 Å². The van der Waals surface area contributed by atoms with Crippen LogP contribution in [0.2, 0.25) is 5.02 Å². The summed E-state index contributed by atoms with van der Waals surface area (Å²) < 4.78 is 5.84. The Kier molecular flexibility index (Phi) is 7.51. The van der Waals surface area contributed by atoms with Crippen LogP contribution in [-0.2, 0) is 24.4 Å². The first-order valence-electron chi connectivity index (χ1n) is 11.7. The number of thiophene rings is 1. The standard InChI is InChI=1S/C27H25ClN6O2S/c1-33(2)12-5-7-24(35)34-13-10-20-23(15-34)37-27-25(20)26(30-17-31-27)32-18-8-9-22(21(28)14-18)36-16-19-6-3-4-11-29-19/h3-4,6,8-9,11,14,17H,10,12-13,15-16H2,1-2H3,(H,30,31,32). The van der Waals surface area contributed by atoms with E-state index in [1.54, 1.807) is 28.8 Å². The molecular formula is C27H25ClN6O2S. The molecule has 4 aromatic rings. The number of nitrogens with zero attached hydrogens (tertiary/aromatic N) is 5. The average Bonchev–Trinajstić information content (AvgIpc) is 3.27. The highest BCUT2D eigenvalue weighted by Crippen LogP contribution is 2.38. The molecule has 0 unspecified atom stereocenters. The van der Waals surface area contributed by atoms with Crippen LogP contribution in [0.25, 0.3) is 10.2 Å². The molecule has 4 heterocycles. The molecule has 0 saturated heterocycles. The molecule has 0 radical (unpaired) electrons. The van der Waals surface area contributed by atoms with Gasteiger partial charge < -0.3 is 15.0 Å². The Morgan fingerprint density at radius 2 is 2.14 bits per heavy atom. The maximum absolute atomic E-state index is 12.6. The highest BCUT2D eigenvalue weighted by Gasteiger charge is 2.26. The van der Waals surface area contributed by atoms with Gasteiger partial charge in [-0.15, -0.1) is 11.3 Å². The van der Waals surface area contributed by atoms with Crippen molar-refractivity contribution in [3.8, 4) is 17.6 Å². The molecular weight excluding hydrogens is 508 g/mol. The van der Waals surface area contributed by atoms with Gasteiger partial charge in [0.1, 0.15) is 29.3 Å². The Hall–Kier alpha value is -3.71. The summed E-state index contributed by atoms with van der Waals surface area (Å²) in [6.45, 7) is 2.03. The number of nitrogens with one attached hydrogen (secondary N) is 1. The van der Waals surface area contributed by atoms with Crippen molar-refractivity contribution < 1.29 is 9.53 Å². The van der Waals surface area contributed by atoms with E-state index in [2.05, 4.69) is 32.1 Å². The Bertz CT molecular complexity index is 1500. The lowest BCUT2D eigenvalue weighted by molar-refractivity contribution is -0.125. The number of fused-ring (bicyclic) bond motifs is 3. The summed E-state index contributed by atoms with van der Waals surface area (Å²) in [7, 11) is 3.85. The van der Waals surface area contributed by atoms with Gasteiger partial charge in [-0.25, -0.2) is 9.97 Å². The van der Waals surface area contributed by atoms with Crippen molar-refractivity contribution in [1.82, 2.24) is 24.8 Å². The number of hydrogen-bond acceptors (Lipinski definition) is 8. The largest absolute Gasteiger partial charge is 0.486 e. The van der Waals surface area contributed by atoms with E-state index in [1.165, 1.54) is 5.56 Å². The van der Waals surface area contributed by atoms with E-state index < -0.39 is 0 Å². The van der Waals surface area contributed by atoms with E-state index in [0.29, 0.717) is 42.8 Å². The fraction of sp³-hybridized carbons (Fsp3) is 0.259. The van der Waals surface area contributed by atoms with Gasteiger partial charge in [0.15, 0.2) is 0 Å². The predicted molar refractivity (Wildman–Crippen MR) is 146 cm³/mol. The lowest BCUT2D eigenvalue weighted by Gasteiger charge is -2.25. The summed E-state index contributed by atoms with van der Waals surface area (Å²) in [6.07, 6.45) is 4.00. The number of anilines is 2. The summed E-state index contributed by atoms with van der Waals surface area (Å²) in [5.41, 5.74) is 2.79. The number of aromatic nitrogens is 3. The van der Waals surface area contributed by atoms with E-state index in [0.717, 1.165) is 32.9 Å². The molecule has 0 aliphatic carbocycles. The van der Waals surface area contributed by atoms with Gasteiger partial charge in [-0.3, -0.25) is 14.7 Å². The highest BCUT2D eigenvalue weighted by molar-refractivity contribution is 7.19. The van der Waals surface area contributed by atoms with Crippen molar-refractivity contribution in [1.29, 1.82) is 0 Å². The third-order valence-electron chi connectivity index (χ3n) is 5.81. The number of halogens is 1. The van der Waals surface area contributed by atoms with Crippen molar-refractivity contribution in [3.05, 3.63) is 70.1 Å². The molecule has 1 amide bonds. The van der Waals surface area contributed by atoms with Crippen molar-refractivity contribution in [2.75, 3.05) is 32.5 Å². The molecule has 1 N–H and O–H groups in total. The van der Waals surface area contributed by atoms with Crippen LogP contribution in [0.15, 0.2) is 48.9 Å². The fourth-order valence-corrected chi connectivity index (χ4v) is 5.45. The second-order valence-electron chi connectivity index (χ2n) is 8.80. The first-order valence-corrected chi connectivity index (χ1v) is 12.9. The molecule has 188 valence electrons. The molecule has 0 saturated carbocycles. The smallest absolute Gasteiger partial charge is 0.298 e. The van der Waals surface area contributed by atoms with Gasteiger partial charge in [-0.1, -0.05) is 23.6 Å². The van der Waals surface area contributed by atoms with Crippen LogP contribution in [0, 0.1) is 11.8 Å². The maximum Gasteiger partial charge on any atom is 0.298 e. The third kappa shape index (κ3) is 5.83. The zero-order valence-electron chi connectivity index (χ0n) is 20.5. The molecule has 1 aromatic carbocycles. The minimum Gasteiger partial charge on any atom is -0.486 e. The molecule has 0 spiro atoms. The second kappa shape index (κ2) is 11.1. The Labute approximate surface area is 224 Å². The first kappa shape index (κ1) is 25.0. The van der Waals surface area contributed by atoms with Crippen LogP contribution < -0.4 is 10.1 Å². The van der Waals surface area contributed by atoms with Crippen LogP contribution in [0.5, 0.6) is 5.75 Å². The normalized spacial score (nSPS) is 12.7. The number of rotatable bonds is 6. The second-order valence-corrected chi connectivity index (χ2v) is 10.3. The minimum atomic E-state index is -0.144. The molecule has 0 atom stereocenters. The van der Waals surface area contributed by atoms with Crippen LogP contribution in [0.3, 0.4) is 0 Å². The zero-order valence-corrected chi connectivity index (χ0v) is 22.1. The number of benzene rings is 1. The number of ether oxygens (including phenoxy) is 1. The number of carbonyl (C=O) groups excluding carboxylic acids is 1. The summed E-state index contributed by atoms with van der Waals surface area (Å²) in [4.78, 5) is 31.6. The van der Waals surface area contributed by atoms with E-state index in [1.807, 2.05) is 55.4 Å². The lowest BCUT2D eigenvalue weighted by atomic mass is 10.0. The van der Waals surface area contributed by atoms with Crippen molar-refractivity contribution in [2.45, 2.75) is 19.6 Å². The Morgan fingerprint density at radius 1 is 1.24 bits per heavy atom. The molecule has 8 nitrogen and oxygen atoms in total. The van der Waals surface area contributed by atoms with Crippen LogP contribution in [-0.4, -0.2) is 57.8 Å². The molecule has 5 rings (SSSR count). The van der Waals surface area contributed by atoms with Gasteiger partial charge in [-0.05, 0) is 62.3 Å². The van der Waals surface area contributed by atoms with Crippen molar-refractivity contribution in [3.63, 3.8) is 0 Å². The van der Waals surface area contributed by atoms with Gasteiger partial charge in [-0.2, -0.15) is 0 Å². The summed E-state index contributed by atoms with van der Waals surface area (Å²) in [6, 6.07) is 11.2. The average molecular weight is 533 g/mol. The molecule has 1 aliphatic rings. The van der Waals surface area contributed by atoms with Gasteiger partial charge in [0.2, 0.25) is 0 Å². The van der Waals surface area contributed by atoms with E-state index in [4.69, 9.17) is 16.3 Å². The van der Waals surface area contributed by atoms with E-state index >= 15 is 0 Å². The quantitative estimate of drug-likeness (QED) is 0.366. The summed E-state index contributed by atoms with van der Waals surface area (Å²) in [5, 5.41) is 4.87. The minimum absolute atomic E-state index is 0.144. The van der Waals surface area contributed by atoms with Crippen LogP contribution >= 0.6 is 22.9 Å². The lowest BCUT2D eigenvalue weighted by Crippen LogP contribution is -2.34. The van der Waals surface area contributed by atoms with Crippen molar-refractivity contribution in [2.24, 2.45) is 0 Å².